The van der Waals surface area contributed by atoms with Crippen molar-refractivity contribution in [1.29, 1.82) is 0 Å². The van der Waals surface area contributed by atoms with Crippen molar-refractivity contribution in [1.82, 2.24) is 0 Å². The fraction of sp³-hybridized carbons (Fsp3) is 0.300. The number of allylic oxidation sites excluding steroid dienone is 4. The fourth-order valence-electron chi connectivity index (χ4n) is 0.874. The van der Waals surface area contributed by atoms with Crippen LogP contribution >= 0.6 is 0 Å². The van der Waals surface area contributed by atoms with Gasteiger partial charge in [0, 0.05) is 0 Å². The van der Waals surface area contributed by atoms with E-state index in [9.17, 15) is 0 Å². The van der Waals surface area contributed by atoms with Crippen LogP contribution in [0.1, 0.15) is 12.8 Å². The summed E-state index contributed by atoms with van der Waals surface area (Å²) < 4.78 is 0. The van der Waals surface area contributed by atoms with Gasteiger partial charge in [-0.1, -0.05) is 24.3 Å². The van der Waals surface area contributed by atoms with Crippen LogP contribution in [0, 0.1) is 12.8 Å². The zero-order valence-electron chi connectivity index (χ0n) is 6.42. The highest BCUT2D eigenvalue weighted by atomic mass is 14.0. The van der Waals surface area contributed by atoms with Gasteiger partial charge in [0.1, 0.15) is 0 Å². The van der Waals surface area contributed by atoms with Crippen LogP contribution in [0.3, 0.4) is 0 Å². The lowest BCUT2D eigenvalue weighted by Crippen LogP contribution is -1.91. The van der Waals surface area contributed by atoms with Gasteiger partial charge < -0.3 is 0 Å². The third kappa shape index (κ3) is 4.13. The Balaban J connectivity index is 3.70. The first kappa shape index (κ1) is 9.22. The Labute approximate surface area is 64.0 Å². The fourth-order valence-corrected chi connectivity index (χ4v) is 0.874. The van der Waals surface area contributed by atoms with Gasteiger partial charge in [-0.05, 0) is 25.7 Å². The third-order valence-corrected chi connectivity index (χ3v) is 1.35. The molecule has 0 aliphatic carbocycles. The van der Waals surface area contributed by atoms with Crippen LogP contribution in [0.4, 0.5) is 0 Å². The van der Waals surface area contributed by atoms with Crippen LogP contribution in [0.15, 0.2) is 37.5 Å². The van der Waals surface area contributed by atoms with Crippen molar-refractivity contribution in [3.63, 3.8) is 0 Å². The predicted molar refractivity (Wildman–Crippen MR) is 47.6 cm³/mol. The highest BCUT2D eigenvalue weighted by molar-refractivity contribution is 4.95. The molecular formula is C10H15. The highest BCUT2D eigenvalue weighted by Crippen LogP contribution is 2.10. The van der Waals surface area contributed by atoms with Gasteiger partial charge in [0.15, 0.2) is 0 Å². The molecule has 0 aromatic carbocycles. The van der Waals surface area contributed by atoms with Gasteiger partial charge in [0.05, 0.1) is 0 Å². The summed E-state index contributed by atoms with van der Waals surface area (Å²) in [5.41, 5.74) is 0. The summed E-state index contributed by atoms with van der Waals surface area (Å²) in [5, 5.41) is 0. The van der Waals surface area contributed by atoms with Crippen molar-refractivity contribution in [3.8, 4) is 0 Å². The SMILES string of the molecule is [CH2]/C=C/C(CC=C)CC=C. The summed E-state index contributed by atoms with van der Waals surface area (Å²) in [6, 6.07) is 0. The van der Waals surface area contributed by atoms with Gasteiger partial charge in [0.2, 0.25) is 0 Å². The van der Waals surface area contributed by atoms with E-state index in [1.807, 2.05) is 18.2 Å². The van der Waals surface area contributed by atoms with Crippen molar-refractivity contribution in [2.45, 2.75) is 12.8 Å². The normalized spacial score (nSPS) is 10.6. The Hall–Kier alpha value is -0.780. The molecule has 0 atom stereocenters. The van der Waals surface area contributed by atoms with Crippen LogP contribution < -0.4 is 0 Å². The Bertz CT molecular complexity index is 110. The second kappa shape index (κ2) is 6.34. The topological polar surface area (TPSA) is 0 Å². The summed E-state index contributed by atoms with van der Waals surface area (Å²) in [6.07, 6.45) is 9.79. The second-order valence-corrected chi connectivity index (χ2v) is 2.24. The van der Waals surface area contributed by atoms with E-state index in [0.29, 0.717) is 5.92 Å². The van der Waals surface area contributed by atoms with Crippen molar-refractivity contribution in [2.75, 3.05) is 0 Å². The van der Waals surface area contributed by atoms with E-state index in [1.54, 1.807) is 0 Å². The van der Waals surface area contributed by atoms with E-state index in [1.165, 1.54) is 0 Å². The van der Waals surface area contributed by atoms with E-state index in [0.717, 1.165) is 12.8 Å². The molecule has 0 spiro atoms. The number of rotatable bonds is 5. The predicted octanol–water partition coefficient (Wildman–Crippen LogP) is 3.15. The summed E-state index contributed by atoms with van der Waals surface area (Å²) in [5.74, 6) is 0.549. The monoisotopic (exact) mass is 135 g/mol. The van der Waals surface area contributed by atoms with E-state index in [4.69, 9.17) is 0 Å². The van der Waals surface area contributed by atoms with E-state index in [2.05, 4.69) is 26.2 Å². The summed E-state index contributed by atoms with van der Waals surface area (Å²) in [4.78, 5) is 0. The largest absolute Gasteiger partial charge is 0.103 e. The average molecular weight is 135 g/mol. The quantitative estimate of drug-likeness (QED) is 0.508. The molecule has 10 heavy (non-hydrogen) atoms. The van der Waals surface area contributed by atoms with E-state index in [-0.39, 0.29) is 0 Å². The van der Waals surface area contributed by atoms with E-state index < -0.39 is 0 Å². The smallest absolute Gasteiger partial charge is 0.0165 e. The van der Waals surface area contributed by atoms with Crippen LogP contribution in [-0.4, -0.2) is 0 Å². The number of hydrogen-bond donors (Lipinski definition) is 0. The molecule has 0 aromatic heterocycles. The summed E-state index contributed by atoms with van der Waals surface area (Å²) >= 11 is 0. The Morgan fingerprint density at radius 3 is 1.90 bits per heavy atom. The minimum absolute atomic E-state index is 0.549. The molecule has 1 radical (unpaired) electrons. The Kier molecular flexibility index (Phi) is 5.85. The first-order chi connectivity index (χ1) is 4.85. The lowest BCUT2D eigenvalue weighted by molar-refractivity contribution is 0.677. The zero-order valence-corrected chi connectivity index (χ0v) is 6.42. The minimum atomic E-state index is 0.549. The van der Waals surface area contributed by atoms with E-state index >= 15 is 0 Å². The molecule has 0 N–H and O–H groups in total. The molecule has 0 unspecified atom stereocenters. The van der Waals surface area contributed by atoms with Crippen molar-refractivity contribution < 1.29 is 0 Å². The molecule has 0 heteroatoms. The molecule has 0 aliphatic rings. The second-order valence-electron chi connectivity index (χ2n) is 2.24. The van der Waals surface area contributed by atoms with Gasteiger partial charge in [-0.3, -0.25) is 0 Å². The minimum Gasteiger partial charge on any atom is -0.103 e. The van der Waals surface area contributed by atoms with Crippen LogP contribution in [-0.2, 0) is 0 Å². The molecule has 0 aromatic rings. The first-order valence-electron chi connectivity index (χ1n) is 3.52. The van der Waals surface area contributed by atoms with Gasteiger partial charge in [0.25, 0.3) is 0 Å². The molecule has 0 aliphatic heterocycles. The maximum absolute atomic E-state index is 3.68. The van der Waals surface area contributed by atoms with Gasteiger partial charge in [-0.25, -0.2) is 0 Å². The Morgan fingerprint density at radius 2 is 1.60 bits per heavy atom. The van der Waals surface area contributed by atoms with Crippen LogP contribution in [0.5, 0.6) is 0 Å². The molecule has 0 amide bonds. The standard InChI is InChI=1S/C10H15/c1-4-7-10(8-5-2)9-6-3/h4-7,10H,1-3,8-9H2/b7-4+. The van der Waals surface area contributed by atoms with Gasteiger partial charge in [-0.2, -0.15) is 0 Å². The molecule has 0 rings (SSSR count). The first-order valence-corrected chi connectivity index (χ1v) is 3.52. The molecule has 0 heterocycles. The maximum Gasteiger partial charge on any atom is -0.0165 e. The average Bonchev–Trinajstić information content (AvgIpc) is 1.90. The maximum atomic E-state index is 3.68. The molecule has 0 bridgehead atoms. The molecular weight excluding hydrogens is 120 g/mol. The summed E-state index contributed by atoms with van der Waals surface area (Å²) in [7, 11) is 0. The van der Waals surface area contributed by atoms with Crippen molar-refractivity contribution in [2.24, 2.45) is 5.92 Å². The molecule has 0 fully saturated rings. The lowest BCUT2D eigenvalue weighted by atomic mass is 10.0. The van der Waals surface area contributed by atoms with Crippen molar-refractivity contribution in [3.05, 3.63) is 44.4 Å². The zero-order chi connectivity index (χ0) is 7.82. The Morgan fingerprint density at radius 1 is 1.10 bits per heavy atom. The lowest BCUT2D eigenvalue weighted by Gasteiger charge is -2.04. The number of hydrogen-bond acceptors (Lipinski definition) is 0. The molecule has 0 saturated carbocycles. The molecule has 0 nitrogen and oxygen atoms in total. The highest BCUT2D eigenvalue weighted by Gasteiger charge is 1.96. The third-order valence-electron chi connectivity index (χ3n) is 1.35. The molecule has 0 saturated heterocycles. The van der Waals surface area contributed by atoms with Crippen LogP contribution in [0.25, 0.3) is 0 Å². The van der Waals surface area contributed by atoms with Crippen molar-refractivity contribution >= 4 is 0 Å². The summed E-state index contributed by atoms with van der Waals surface area (Å²) in [6.45, 7) is 11.0. The van der Waals surface area contributed by atoms with Gasteiger partial charge in [-0.15, -0.1) is 13.2 Å². The molecule has 55 valence electrons. The van der Waals surface area contributed by atoms with Crippen LogP contribution in [0.2, 0.25) is 0 Å². The van der Waals surface area contributed by atoms with Gasteiger partial charge >= 0.3 is 0 Å².